The number of nitrogens with zero attached hydrogens (tertiary/aromatic N) is 1. The van der Waals surface area contributed by atoms with Gasteiger partial charge < -0.3 is 5.32 Å². The maximum absolute atomic E-state index is 12.5. The van der Waals surface area contributed by atoms with E-state index >= 15 is 0 Å². The van der Waals surface area contributed by atoms with E-state index < -0.39 is 0 Å². The van der Waals surface area contributed by atoms with Gasteiger partial charge in [0.1, 0.15) is 0 Å². The van der Waals surface area contributed by atoms with Crippen LogP contribution >= 0.6 is 0 Å². The van der Waals surface area contributed by atoms with Crippen LogP contribution in [0.4, 0.5) is 4.39 Å². The van der Waals surface area contributed by atoms with Gasteiger partial charge in [0.05, 0.1) is 6.67 Å². The summed E-state index contributed by atoms with van der Waals surface area (Å²) in [5.41, 5.74) is 0.374. The third-order valence-electron chi connectivity index (χ3n) is 5.32. The molecule has 0 bridgehead atoms. The summed E-state index contributed by atoms with van der Waals surface area (Å²) in [7, 11) is 0. The summed E-state index contributed by atoms with van der Waals surface area (Å²) < 4.78 is 12.5. The maximum Gasteiger partial charge on any atom is 0.0906 e. The minimum absolute atomic E-state index is 0.159. The van der Waals surface area contributed by atoms with Crippen molar-refractivity contribution in [3.63, 3.8) is 0 Å². The molecule has 1 atom stereocenters. The summed E-state index contributed by atoms with van der Waals surface area (Å²) in [4.78, 5) is 2.66. The van der Waals surface area contributed by atoms with Crippen molar-refractivity contribution in [1.82, 2.24) is 10.2 Å². The van der Waals surface area contributed by atoms with Gasteiger partial charge >= 0.3 is 0 Å². The van der Waals surface area contributed by atoms with Gasteiger partial charge in [-0.1, -0.05) is 19.3 Å². The summed E-state index contributed by atoms with van der Waals surface area (Å²) in [5.74, 6) is 0.916. The molecule has 1 aliphatic heterocycles. The van der Waals surface area contributed by atoms with Crippen molar-refractivity contribution in [3.8, 4) is 0 Å². The van der Waals surface area contributed by atoms with Crippen molar-refractivity contribution in [2.24, 2.45) is 5.92 Å². The predicted molar refractivity (Wildman–Crippen MR) is 72.5 cm³/mol. The van der Waals surface area contributed by atoms with E-state index in [-0.39, 0.29) is 6.67 Å². The molecule has 3 fully saturated rings. The van der Waals surface area contributed by atoms with E-state index in [1.165, 1.54) is 51.5 Å². The van der Waals surface area contributed by atoms with Crippen LogP contribution in [0.25, 0.3) is 0 Å². The molecule has 104 valence electrons. The summed E-state index contributed by atoms with van der Waals surface area (Å²) in [6, 6.07) is 0.692. The highest BCUT2D eigenvalue weighted by Crippen LogP contribution is 2.40. The number of halogens is 1. The van der Waals surface area contributed by atoms with Crippen LogP contribution < -0.4 is 5.32 Å². The van der Waals surface area contributed by atoms with Crippen LogP contribution in [0.5, 0.6) is 0 Å². The van der Waals surface area contributed by atoms with Gasteiger partial charge in [-0.25, -0.2) is 0 Å². The average molecular weight is 254 g/mol. The summed E-state index contributed by atoms with van der Waals surface area (Å²) in [6.07, 6.45) is 10.3. The Morgan fingerprint density at radius 2 is 1.94 bits per heavy atom. The Hall–Kier alpha value is -0.150. The molecule has 3 heteroatoms. The van der Waals surface area contributed by atoms with Gasteiger partial charge in [0.25, 0.3) is 0 Å². The fraction of sp³-hybridized carbons (Fsp3) is 1.00. The van der Waals surface area contributed by atoms with Gasteiger partial charge in [0.2, 0.25) is 0 Å². The number of piperazine rings is 1. The van der Waals surface area contributed by atoms with E-state index in [0.717, 1.165) is 25.4 Å². The molecule has 0 radical (unpaired) electrons. The van der Waals surface area contributed by atoms with Crippen LogP contribution in [0.1, 0.15) is 51.4 Å². The van der Waals surface area contributed by atoms with E-state index in [9.17, 15) is 4.39 Å². The number of hydrogen-bond acceptors (Lipinski definition) is 2. The fourth-order valence-electron chi connectivity index (χ4n) is 4.02. The van der Waals surface area contributed by atoms with Crippen molar-refractivity contribution in [2.75, 3.05) is 26.3 Å². The normalized spacial score (nSPS) is 32.8. The second-order valence-corrected chi connectivity index (χ2v) is 6.60. The molecule has 0 aromatic heterocycles. The lowest BCUT2D eigenvalue weighted by atomic mass is 9.78. The second kappa shape index (κ2) is 5.46. The first-order valence-electron chi connectivity index (χ1n) is 7.88. The Kier molecular flexibility index (Phi) is 3.90. The molecule has 0 aromatic carbocycles. The van der Waals surface area contributed by atoms with E-state index in [0.29, 0.717) is 11.6 Å². The lowest BCUT2D eigenvalue weighted by molar-refractivity contribution is 0.00445. The minimum atomic E-state index is -0.159. The summed E-state index contributed by atoms with van der Waals surface area (Å²) >= 11 is 0. The Morgan fingerprint density at radius 3 is 2.61 bits per heavy atom. The maximum atomic E-state index is 12.5. The third-order valence-corrected chi connectivity index (χ3v) is 5.32. The van der Waals surface area contributed by atoms with Crippen molar-refractivity contribution in [1.29, 1.82) is 0 Å². The van der Waals surface area contributed by atoms with E-state index in [2.05, 4.69) is 10.2 Å². The molecule has 1 spiro atoms. The molecule has 0 aromatic rings. The van der Waals surface area contributed by atoms with Crippen molar-refractivity contribution < 1.29 is 4.39 Å². The topological polar surface area (TPSA) is 15.3 Å². The van der Waals surface area contributed by atoms with Gasteiger partial charge in [0.15, 0.2) is 0 Å². The molecule has 2 aliphatic carbocycles. The molecular formula is C15H27FN2. The first kappa shape index (κ1) is 12.9. The number of alkyl halides is 1. The third kappa shape index (κ3) is 2.57. The summed E-state index contributed by atoms with van der Waals surface area (Å²) in [5, 5.41) is 3.81. The van der Waals surface area contributed by atoms with Gasteiger partial charge in [0, 0.05) is 31.2 Å². The molecular weight excluding hydrogens is 227 g/mol. The zero-order valence-electron chi connectivity index (χ0n) is 11.5. The monoisotopic (exact) mass is 254 g/mol. The van der Waals surface area contributed by atoms with Crippen LogP contribution in [0.15, 0.2) is 0 Å². The quantitative estimate of drug-likeness (QED) is 0.830. The lowest BCUT2D eigenvalue weighted by Gasteiger charge is -2.52. The summed E-state index contributed by atoms with van der Waals surface area (Å²) in [6.45, 7) is 3.14. The first-order valence-corrected chi connectivity index (χ1v) is 7.88. The SMILES string of the molecule is FCCCN1CC(C2CC2)NCC12CCCCC2. The molecule has 3 rings (SSSR count). The molecule has 1 heterocycles. The smallest absolute Gasteiger partial charge is 0.0906 e. The van der Waals surface area contributed by atoms with Gasteiger partial charge in [-0.15, -0.1) is 0 Å². The molecule has 3 aliphatic rings. The molecule has 2 nitrogen and oxygen atoms in total. The van der Waals surface area contributed by atoms with Crippen LogP contribution in [-0.4, -0.2) is 42.8 Å². The average Bonchev–Trinajstić information content (AvgIpc) is 3.23. The number of hydrogen-bond donors (Lipinski definition) is 1. The molecule has 2 saturated carbocycles. The van der Waals surface area contributed by atoms with Crippen LogP contribution in [0, 0.1) is 5.92 Å². The minimum Gasteiger partial charge on any atom is -0.311 e. The predicted octanol–water partition coefficient (Wildman–Crippen LogP) is 2.73. The number of nitrogens with one attached hydrogen (secondary N) is 1. The Balaban J connectivity index is 1.66. The van der Waals surface area contributed by atoms with Crippen molar-refractivity contribution >= 4 is 0 Å². The molecule has 1 N–H and O–H groups in total. The van der Waals surface area contributed by atoms with Gasteiger partial charge in [-0.05, 0) is 38.0 Å². The highest BCUT2D eigenvalue weighted by atomic mass is 19.1. The Bertz CT molecular complexity index is 272. The van der Waals surface area contributed by atoms with Gasteiger partial charge in [-0.3, -0.25) is 9.29 Å². The van der Waals surface area contributed by atoms with Crippen molar-refractivity contribution in [2.45, 2.75) is 62.9 Å². The molecule has 1 unspecified atom stereocenters. The largest absolute Gasteiger partial charge is 0.311 e. The van der Waals surface area contributed by atoms with Crippen LogP contribution in [0.2, 0.25) is 0 Å². The highest BCUT2D eigenvalue weighted by Gasteiger charge is 2.45. The first-order chi connectivity index (χ1) is 8.84. The van der Waals surface area contributed by atoms with Gasteiger partial charge in [-0.2, -0.15) is 0 Å². The second-order valence-electron chi connectivity index (χ2n) is 6.60. The zero-order chi connectivity index (χ0) is 12.4. The highest BCUT2D eigenvalue weighted by molar-refractivity contribution is 5.03. The standard InChI is InChI=1S/C15H27FN2/c16-9-4-10-18-11-14(13-5-6-13)17-12-15(18)7-2-1-3-8-15/h13-14,17H,1-12H2. The van der Waals surface area contributed by atoms with E-state index in [1.54, 1.807) is 0 Å². The molecule has 1 saturated heterocycles. The lowest BCUT2D eigenvalue weighted by Crippen LogP contribution is -2.65. The van der Waals surface area contributed by atoms with E-state index in [1.807, 2.05) is 0 Å². The van der Waals surface area contributed by atoms with Crippen LogP contribution in [0.3, 0.4) is 0 Å². The van der Waals surface area contributed by atoms with E-state index in [4.69, 9.17) is 0 Å². The molecule has 0 amide bonds. The Morgan fingerprint density at radius 1 is 1.17 bits per heavy atom. The fourth-order valence-corrected chi connectivity index (χ4v) is 4.02. The Labute approximate surface area is 110 Å². The molecule has 18 heavy (non-hydrogen) atoms. The van der Waals surface area contributed by atoms with Crippen LogP contribution in [-0.2, 0) is 0 Å². The zero-order valence-corrected chi connectivity index (χ0v) is 11.5. The number of rotatable bonds is 4. The van der Waals surface area contributed by atoms with Crippen molar-refractivity contribution in [3.05, 3.63) is 0 Å².